The Kier molecular flexibility index (Phi) is 2.61. The Balaban J connectivity index is 2.10. The molecule has 2 heteroatoms. The Hall–Kier alpha value is -2.48. The van der Waals surface area contributed by atoms with Gasteiger partial charge in [-0.15, -0.1) is 0 Å². The summed E-state index contributed by atoms with van der Waals surface area (Å²) in [5.74, 6) is 0. The van der Waals surface area contributed by atoms with E-state index in [0.29, 0.717) is 5.56 Å². The van der Waals surface area contributed by atoms with E-state index < -0.39 is 0 Å². The van der Waals surface area contributed by atoms with Gasteiger partial charge < -0.3 is 0 Å². The predicted octanol–water partition coefficient (Wildman–Crippen LogP) is 3.71. The highest BCUT2D eigenvalue weighted by Gasteiger charge is 2.00. The zero-order valence-corrected chi connectivity index (χ0v) is 9.71. The lowest BCUT2D eigenvalue weighted by atomic mass is 10.0. The standard InChI is InChI=1S/C16H11NO/c18-11-12-1-3-13(4-2-12)14-5-6-16-10-17-8-7-15(16)9-14/h1-11H. The molecule has 0 saturated heterocycles. The highest BCUT2D eigenvalue weighted by Crippen LogP contribution is 2.24. The smallest absolute Gasteiger partial charge is 0.150 e. The maximum Gasteiger partial charge on any atom is 0.150 e. The number of hydrogen-bond acceptors (Lipinski definition) is 2. The van der Waals surface area contributed by atoms with E-state index in [1.54, 1.807) is 6.20 Å². The second-order valence-electron chi connectivity index (χ2n) is 4.18. The number of aromatic nitrogens is 1. The third-order valence-electron chi connectivity index (χ3n) is 3.02. The van der Waals surface area contributed by atoms with E-state index in [4.69, 9.17) is 0 Å². The van der Waals surface area contributed by atoms with Gasteiger partial charge in [0.05, 0.1) is 0 Å². The minimum atomic E-state index is 0.698. The number of hydrogen-bond donors (Lipinski definition) is 0. The topological polar surface area (TPSA) is 30.0 Å². The molecule has 0 aliphatic heterocycles. The maximum absolute atomic E-state index is 10.6. The lowest BCUT2D eigenvalue weighted by Gasteiger charge is -2.04. The fourth-order valence-corrected chi connectivity index (χ4v) is 2.02. The number of fused-ring (bicyclic) bond motifs is 1. The molecule has 0 saturated carbocycles. The largest absolute Gasteiger partial charge is 0.298 e. The van der Waals surface area contributed by atoms with Gasteiger partial charge in [-0.2, -0.15) is 0 Å². The molecule has 1 heterocycles. The Morgan fingerprint density at radius 1 is 0.833 bits per heavy atom. The third kappa shape index (κ3) is 1.89. The summed E-state index contributed by atoms with van der Waals surface area (Å²) >= 11 is 0. The molecule has 86 valence electrons. The summed E-state index contributed by atoms with van der Waals surface area (Å²) < 4.78 is 0. The number of pyridine rings is 1. The van der Waals surface area contributed by atoms with Crippen molar-refractivity contribution in [2.45, 2.75) is 0 Å². The van der Waals surface area contributed by atoms with E-state index in [1.165, 1.54) is 5.39 Å². The van der Waals surface area contributed by atoms with E-state index in [-0.39, 0.29) is 0 Å². The first-order valence-corrected chi connectivity index (χ1v) is 5.76. The summed E-state index contributed by atoms with van der Waals surface area (Å²) in [5.41, 5.74) is 2.95. The fraction of sp³-hybridized carbons (Fsp3) is 0. The normalized spacial score (nSPS) is 10.4. The number of aldehydes is 1. The predicted molar refractivity (Wildman–Crippen MR) is 72.6 cm³/mol. The number of benzene rings is 2. The van der Waals surface area contributed by atoms with Gasteiger partial charge in [-0.05, 0) is 28.6 Å². The second-order valence-corrected chi connectivity index (χ2v) is 4.18. The van der Waals surface area contributed by atoms with Crippen LogP contribution in [0.25, 0.3) is 21.9 Å². The van der Waals surface area contributed by atoms with Crippen LogP contribution in [0, 0.1) is 0 Å². The maximum atomic E-state index is 10.6. The highest BCUT2D eigenvalue weighted by atomic mass is 16.1. The van der Waals surface area contributed by atoms with Crippen molar-refractivity contribution >= 4 is 17.1 Å². The lowest BCUT2D eigenvalue weighted by Crippen LogP contribution is -1.82. The minimum absolute atomic E-state index is 0.698. The van der Waals surface area contributed by atoms with Crippen LogP contribution in [-0.4, -0.2) is 11.3 Å². The van der Waals surface area contributed by atoms with Gasteiger partial charge in [0.1, 0.15) is 6.29 Å². The van der Waals surface area contributed by atoms with Crippen molar-refractivity contribution in [1.82, 2.24) is 4.98 Å². The number of carbonyl (C=O) groups excluding carboxylic acids is 1. The lowest BCUT2D eigenvalue weighted by molar-refractivity contribution is 0.112. The Morgan fingerprint density at radius 3 is 2.39 bits per heavy atom. The Morgan fingerprint density at radius 2 is 1.61 bits per heavy atom. The molecule has 1 aromatic heterocycles. The van der Waals surface area contributed by atoms with Gasteiger partial charge in [0.2, 0.25) is 0 Å². The molecule has 3 aromatic rings. The molecule has 0 atom stereocenters. The molecule has 0 unspecified atom stereocenters. The van der Waals surface area contributed by atoms with E-state index in [1.807, 2.05) is 36.5 Å². The molecule has 3 rings (SSSR count). The van der Waals surface area contributed by atoms with Crippen LogP contribution in [0.4, 0.5) is 0 Å². The molecular formula is C16H11NO. The Bertz CT molecular complexity index is 702. The fourth-order valence-electron chi connectivity index (χ4n) is 2.02. The molecule has 0 bridgehead atoms. The first kappa shape index (κ1) is 10.7. The summed E-state index contributed by atoms with van der Waals surface area (Å²) in [6.07, 6.45) is 4.51. The van der Waals surface area contributed by atoms with Gasteiger partial charge in [0.25, 0.3) is 0 Å². The molecule has 0 aliphatic rings. The van der Waals surface area contributed by atoms with Gasteiger partial charge >= 0.3 is 0 Å². The van der Waals surface area contributed by atoms with Crippen molar-refractivity contribution in [3.63, 3.8) is 0 Å². The van der Waals surface area contributed by atoms with Crippen LogP contribution in [0.15, 0.2) is 60.9 Å². The molecule has 2 nitrogen and oxygen atoms in total. The van der Waals surface area contributed by atoms with Crippen molar-refractivity contribution in [3.8, 4) is 11.1 Å². The zero-order valence-electron chi connectivity index (χ0n) is 9.71. The van der Waals surface area contributed by atoms with Gasteiger partial charge in [-0.3, -0.25) is 9.78 Å². The molecule has 0 N–H and O–H groups in total. The quantitative estimate of drug-likeness (QED) is 0.631. The number of carbonyl (C=O) groups is 1. The van der Waals surface area contributed by atoms with Crippen LogP contribution >= 0.6 is 0 Å². The zero-order chi connectivity index (χ0) is 12.4. The summed E-state index contributed by atoms with van der Waals surface area (Å²) in [4.78, 5) is 14.7. The molecule has 2 aromatic carbocycles. The van der Waals surface area contributed by atoms with Gasteiger partial charge in [0, 0.05) is 23.3 Å². The SMILES string of the molecule is O=Cc1ccc(-c2ccc3cnccc3c2)cc1. The van der Waals surface area contributed by atoms with Crippen LogP contribution in [-0.2, 0) is 0 Å². The average molecular weight is 233 g/mol. The molecule has 0 spiro atoms. The summed E-state index contributed by atoms with van der Waals surface area (Å²) in [7, 11) is 0. The van der Waals surface area contributed by atoms with Gasteiger partial charge in [-0.25, -0.2) is 0 Å². The summed E-state index contributed by atoms with van der Waals surface area (Å²) in [5, 5.41) is 2.30. The van der Waals surface area contributed by atoms with E-state index in [9.17, 15) is 4.79 Å². The van der Waals surface area contributed by atoms with Crippen molar-refractivity contribution in [3.05, 3.63) is 66.5 Å². The van der Waals surface area contributed by atoms with Crippen LogP contribution in [0.2, 0.25) is 0 Å². The Labute approximate surface area is 105 Å². The minimum Gasteiger partial charge on any atom is -0.298 e. The van der Waals surface area contributed by atoms with Crippen molar-refractivity contribution in [1.29, 1.82) is 0 Å². The summed E-state index contributed by atoms with van der Waals surface area (Å²) in [6, 6.07) is 15.9. The van der Waals surface area contributed by atoms with Gasteiger partial charge in [0.15, 0.2) is 0 Å². The monoisotopic (exact) mass is 233 g/mol. The summed E-state index contributed by atoms with van der Waals surface area (Å²) in [6.45, 7) is 0. The van der Waals surface area contributed by atoms with Crippen molar-refractivity contribution in [2.24, 2.45) is 0 Å². The van der Waals surface area contributed by atoms with Crippen LogP contribution < -0.4 is 0 Å². The molecule has 0 radical (unpaired) electrons. The average Bonchev–Trinajstić information content (AvgIpc) is 2.47. The van der Waals surface area contributed by atoms with Gasteiger partial charge in [-0.1, -0.05) is 36.4 Å². The van der Waals surface area contributed by atoms with E-state index >= 15 is 0 Å². The number of rotatable bonds is 2. The van der Waals surface area contributed by atoms with Crippen LogP contribution in [0.3, 0.4) is 0 Å². The molecule has 0 amide bonds. The highest BCUT2D eigenvalue weighted by molar-refractivity contribution is 5.87. The molecule has 0 aliphatic carbocycles. The first-order valence-electron chi connectivity index (χ1n) is 5.76. The third-order valence-corrected chi connectivity index (χ3v) is 3.02. The number of nitrogens with zero attached hydrogens (tertiary/aromatic N) is 1. The molecular weight excluding hydrogens is 222 g/mol. The van der Waals surface area contributed by atoms with Crippen molar-refractivity contribution in [2.75, 3.05) is 0 Å². The van der Waals surface area contributed by atoms with E-state index in [0.717, 1.165) is 22.8 Å². The van der Waals surface area contributed by atoms with E-state index in [2.05, 4.69) is 23.2 Å². The first-order chi connectivity index (χ1) is 8.86. The second kappa shape index (κ2) is 4.41. The van der Waals surface area contributed by atoms with Crippen molar-refractivity contribution < 1.29 is 4.79 Å². The molecule has 18 heavy (non-hydrogen) atoms. The molecule has 0 fully saturated rings. The van der Waals surface area contributed by atoms with Crippen LogP contribution in [0.5, 0.6) is 0 Å². The van der Waals surface area contributed by atoms with Crippen LogP contribution in [0.1, 0.15) is 10.4 Å².